The smallest absolute Gasteiger partial charge is 0.190 e. The Balaban J connectivity index is 0.00000364. The molecule has 0 aliphatic rings. The van der Waals surface area contributed by atoms with Gasteiger partial charge in [0.2, 0.25) is 0 Å². The minimum atomic E-state index is 0. The van der Waals surface area contributed by atoms with Crippen molar-refractivity contribution in [2.45, 2.75) is 32.9 Å². The van der Waals surface area contributed by atoms with Crippen LogP contribution in [0.3, 0.4) is 0 Å². The maximum atomic E-state index is 5.89. The fourth-order valence-corrected chi connectivity index (χ4v) is 2.64. The van der Waals surface area contributed by atoms with E-state index >= 15 is 0 Å². The van der Waals surface area contributed by atoms with Gasteiger partial charge in [0.05, 0.1) is 6.10 Å². The summed E-state index contributed by atoms with van der Waals surface area (Å²) in [6.45, 7) is 7.57. The highest BCUT2D eigenvalue weighted by Crippen LogP contribution is 2.15. The Morgan fingerprint density at radius 3 is 2.63 bits per heavy atom. The Bertz CT molecular complexity index is 633. The van der Waals surface area contributed by atoms with Gasteiger partial charge in [-0.1, -0.05) is 37.3 Å². The standard InChI is InChI=1S/C20H31N5O.HI/c1-17(16-25-13-7-12-24-25)15-23-20(21-3)22-11-8-14-26-18(2)19-9-5-4-6-10-19;/h4-7,9-10,12-13,17-18H,8,11,14-16H2,1-3H3,(H2,21,22,23);1H. The molecular formula is C20H32IN5O. The molecule has 0 radical (unpaired) electrons. The number of ether oxygens (including phenoxy) is 1. The number of rotatable bonds is 10. The van der Waals surface area contributed by atoms with Crippen LogP contribution in [0.4, 0.5) is 0 Å². The Morgan fingerprint density at radius 1 is 1.19 bits per heavy atom. The first-order chi connectivity index (χ1) is 12.7. The van der Waals surface area contributed by atoms with E-state index in [1.165, 1.54) is 5.56 Å². The van der Waals surface area contributed by atoms with Crippen LogP contribution in [-0.4, -0.2) is 42.5 Å². The first-order valence-electron chi connectivity index (χ1n) is 9.27. The SMILES string of the molecule is CN=C(NCCCOC(C)c1ccccc1)NCC(C)Cn1cccn1.I. The zero-order valence-corrected chi connectivity index (χ0v) is 18.8. The first kappa shape index (κ1) is 23.4. The summed E-state index contributed by atoms with van der Waals surface area (Å²) in [6.07, 6.45) is 4.85. The monoisotopic (exact) mass is 485 g/mol. The molecule has 150 valence electrons. The molecule has 1 aromatic carbocycles. The van der Waals surface area contributed by atoms with Crippen LogP contribution in [0.15, 0.2) is 53.8 Å². The van der Waals surface area contributed by atoms with Crippen LogP contribution in [0, 0.1) is 5.92 Å². The van der Waals surface area contributed by atoms with Crippen LogP contribution in [0.2, 0.25) is 0 Å². The lowest BCUT2D eigenvalue weighted by molar-refractivity contribution is 0.0646. The maximum Gasteiger partial charge on any atom is 0.190 e. The molecule has 0 aliphatic carbocycles. The van der Waals surface area contributed by atoms with Crippen molar-refractivity contribution in [2.75, 3.05) is 26.7 Å². The van der Waals surface area contributed by atoms with Crippen molar-refractivity contribution in [3.05, 3.63) is 54.4 Å². The van der Waals surface area contributed by atoms with E-state index in [1.54, 1.807) is 13.2 Å². The average Bonchev–Trinajstić information content (AvgIpc) is 3.17. The van der Waals surface area contributed by atoms with Gasteiger partial charge >= 0.3 is 0 Å². The van der Waals surface area contributed by atoms with Gasteiger partial charge in [-0.3, -0.25) is 9.67 Å². The van der Waals surface area contributed by atoms with Crippen molar-refractivity contribution in [3.8, 4) is 0 Å². The van der Waals surface area contributed by atoms with Crippen LogP contribution in [-0.2, 0) is 11.3 Å². The van der Waals surface area contributed by atoms with Gasteiger partial charge in [0, 0.05) is 45.7 Å². The molecule has 1 aromatic heterocycles. The van der Waals surface area contributed by atoms with Gasteiger partial charge in [0.25, 0.3) is 0 Å². The van der Waals surface area contributed by atoms with Gasteiger partial charge in [-0.15, -0.1) is 24.0 Å². The second-order valence-corrected chi connectivity index (χ2v) is 6.49. The number of guanidine groups is 1. The normalized spacial score (nSPS) is 13.5. The molecule has 2 aromatic rings. The Labute approximate surface area is 179 Å². The van der Waals surface area contributed by atoms with E-state index in [4.69, 9.17) is 4.74 Å². The Kier molecular flexibility index (Phi) is 11.8. The predicted molar refractivity (Wildman–Crippen MR) is 122 cm³/mol. The van der Waals surface area contributed by atoms with E-state index in [0.717, 1.165) is 38.6 Å². The molecule has 6 nitrogen and oxygen atoms in total. The van der Waals surface area contributed by atoms with E-state index in [-0.39, 0.29) is 30.1 Å². The summed E-state index contributed by atoms with van der Waals surface area (Å²) in [7, 11) is 1.79. The third-order valence-electron chi connectivity index (χ3n) is 4.15. The molecule has 0 saturated heterocycles. The highest BCUT2D eigenvalue weighted by Gasteiger charge is 2.06. The summed E-state index contributed by atoms with van der Waals surface area (Å²) in [5, 5.41) is 10.9. The van der Waals surface area contributed by atoms with E-state index in [2.05, 4.69) is 46.7 Å². The lowest BCUT2D eigenvalue weighted by Crippen LogP contribution is -2.40. The fraction of sp³-hybridized carbons (Fsp3) is 0.500. The Hall–Kier alpha value is -1.61. The summed E-state index contributed by atoms with van der Waals surface area (Å²) in [6, 6.07) is 12.2. The van der Waals surface area contributed by atoms with Crippen LogP contribution in [0.5, 0.6) is 0 Å². The fourth-order valence-electron chi connectivity index (χ4n) is 2.64. The lowest BCUT2D eigenvalue weighted by atomic mass is 10.1. The molecule has 1 heterocycles. The zero-order valence-electron chi connectivity index (χ0n) is 16.5. The van der Waals surface area contributed by atoms with Crippen molar-refractivity contribution < 1.29 is 4.74 Å². The number of hydrogen-bond donors (Lipinski definition) is 2. The third-order valence-corrected chi connectivity index (χ3v) is 4.15. The molecule has 0 spiro atoms. The summed E-state index contributed by atoms with van der Waals surface area (Å²) in [5.74, 6) is 1.29. The van der Waals surface area contributed by atoms with Gasteiger partial charge in [-0.2, -0.15) is 5.10 Å². The lowest BCUT2D eigenvalue weighted by Gasteiger charge is -2.17. The molecule has 0 bridgehead atoms. The zero-order chi connectivity index (χ0) is 18.6. The molecule has 27 heavy (non-hydrogen) atoms. The molecule has 0 aliphatic heterocycles. The minimum Gasteiger partial charge on any atom is -0.374 e. The number of hydrogen-bond acceptors (Lipinski definition) is 3. The van der Waals surface area contributed by atoms with E-state index in [1.807, 2.05) is 35.1 Å². The summed E-state index contributed by atoms with van der Waals surface area (Å²) < 4.78 is 7.84. The van der Waals surface area contributed by atoms with Gasteiger partial charge in [-0.05, 0) is 30.9 Å². The molecule has 2 unspecified atom stereocenters. The van der Waals surface area contributed by atoms with Crippen LogP contribution < -0.4 is 10.6 Å². The molecular weight excluding hydrogens is 453 g/mol. The topological polar surface area (TPSA) is 63.5 Å². The summed E-state index contributed by atoms with van der Waals surface area (Å²) >= 11 is 0. The summed E-state index contributed by atoms with van der Waals surface area (Å²) in [5.41, 5.74) is 1.21. The van der Waals surface area contributed by atoms with Gasteiger partial charge in [-0.25, -0.2) is 0 Å². The second kappa shape index (κ2) is 13.5. The van der Waals surface area contributed by atoms with Crippen LogP contribution in [0.1, 0.15) is 31.9 Å². The molecule has 2 atom stereocenters. The molecule has 2 N–H and O–H groups in total. The van der Waals surface area contributed by atoms with E-state index < -0.39 is 0 Å². The number of benzene rings is 1. The van der Waals surface area contributed by atoms with Crippen LogP contribution in [0.25, 0.3) is 0 Å². The van der Waals surface area contributed by atoms with Crippen molar-refractivity contribution in [3.63, 3.8) is 0 Å². The molecule has 0 amide bonds. The molecule has 0 fully saturated rings. The van der Waals surface area contributed by atoms with Gasteiger partial charge in [0.15, 0.2) is 5.96 Å². The van der Waals surface area contributed by atoms with Gasteiger partial charge < -0.3 is 15.4 Å². The molecule has 2 rings (SSSR count). The number of nitrogens with one attached hydrogen (secondary N) is 2. The quantitative estimate of drug-likeness (QED) is 0.234. The van der Waals surface area contributed by atoms with Gasteiger partial charge in [0.1, 0.15) is 0 Å². The van der Waals surface area contributed by atoms with Crippen LogP contribution >= 0.6 is 24.0 Å². The minimum absolute atomic E-state index is 0. The highest BCUT2D eigenvalue weighted by molar-refractivity contribution is 14.0. The average molecular weight is 485 g/mol. The van der Waals surface area contributed by atoms with Crippen molar-refractivity contribution in [2.24, 2.45) is 10.9 Å². The largest absolute Gasteiger partial charge is 0.374 e. The number of aromatic nitrogens is 2. The van der Waals surface area contributed by atoms with Crippen molar-refractivity contribution in [1.29, 1.82) is 0 Å². The first-order valence-corrected chi connectivity index (χ1v) is 9.27. The number of nitrogens with zero attached hydrogens (tertiary/aromatic N) is 3. The summed E-state index contributed by atoms with van der Waals surface area (Å²) in [4.78, 5) is 4.27. The Morgan fingerprint density at radius 2 is 1.96 bits per heavy atom. The highest BCUT2D eigenvalue weighted by atomic mass is 127. The predicted octanol–water partition coefficient (Wildman–Crippen LogP) is 3.47. The number of aliphatic imine (C=N–C) groups is 1. The molecule has 7 heteroatoms. The molecule has 0 saturated carbocycles. The van der Waals surface area contributed by atoms with E-state index in [0.29, 0.717) is 5.92 Å². The van der Waals surface area contributed by atoms with E-state index in [9.17, 15) is 0 Å². The second-order valence-electron chi connectivity index (χ2n) is 6.49. The third kappa shape index (κ3) is 9.23. The van der Waals surface area contributed by atoms with Crippen molar-refractivity contribution in [1.82, 2.24) is 20.4 Å². The maximum absolute atomic E-state index is 5.89. The number of halogens is 1. The van der Waals surface area contributed by atoms with Crippen molar-refractivity contribution >= 4 is 29.9 Å².